The molecule has 0 spiro atoms. The molecule has 5 heteroatoms. The molecule has 0 aliphatic carbocycles. The summed E-state index contributed by atoms with van der Waals surface area (Å²) in [4.78, 5) is 4.46. The Hall–Kier alpha value is -0.910. The Morgan fingerprint density at radius 1 is 1.45 bits per heavy atom. The van der Waals surface area contributed by atoms with Crippen LogP contribution in [0.1, 0.15) is 38.9 Å². The molecule has 0 bridgehead atoms. The molecule has 1 aromatic rings. The van der Waals surface area contributed by atoms with Crippen molar-refractivity contribution in [3.05, 3.63) is 18.2 Å². The molecule has 1 aromatic heterocycles. The van der Waals surface area contributed by atoms with E-state index in [1.54, 1.807) is 0 Å². The monoisotopic (exact) mass is 281 g/mol. The van der Waals surface area contributed by atoms with Gasteiger partial charge in [-0.3, -0.25) is 0 Å². The van der Waals surface area contributed by atoms with Crippen LogP contribution in [0.15, 0.2) is 12.4 Å². The Morgan fingerprint density at radius 2 is 2.20 bits per heavy atom. The highest BCUT2D eigenvalue weighted by atomic mass is 16.5. The largest absolute Gasteiger partial charge is 0.381 e. The lowest BCUT2D eigenvalue weighted by molar-refractivity contribution is -0.120. The maximum Gasteiger partial charge on any atom is 0.110 e. The lowest BCUT2D eigenvalue weighted by Gasteiger charge is -2.41. The van der Waals surface area contributed by atoms with E-state index >= 15 is 0 Å². The molecule has 114 valence electrons. The van der Waals surface area contributed by atoms with Crippen LogP contribution >= 0.6 is 0 Å². The summed E-state index contributed by atoms with van der Waals surface area (Å²) in [5.74, 6) is 1.06. The fourth-order valence-corrected chi connectivity index (χ4v) is 2.98. The maximum atomic E-state index is 6.49. The number of rotatable bonds is 7. The van der Waals surface area contributed by atoms with E-state index < -0.39 is 0 Å². The van der Waals surface area contributed by atoms with Gasteiger partial charge in [-0.2, -0.15) is 0 Å². The Kier molecular flexibility index (Phi) is 5.57. The van der Waals surface area contributed by atoms with E-state index in [-0.39, 0.29) is 11.6 Å². The molecule has 1 unspecified atom stereocenters. The van der Waals surface area contributed by atoms with Gasteiger partial charge in [0.1, 0.15) is 5.82 Å². The first-order chi connectivity index (χ1) is 9.72. The van der Waals surface area contributed by atoms with Crippen LogP contribution in [0.5, 0.6) is 0 Å². The fourth-order valence-electron chi connectivity index (χ4n) is 2.98. The van der Waals surface area contributed by atoms with Gasteiger partial charge in [0.2, 0.25) is 0 Å². The van der Waals surface area contributed by atoms with Gasteiger partial charge in [0.05, 0.1) is 5.60 Å². The van der Waals surface area contributed by atoms with Crippen molar-refractivity contribution in [3.63, 3.8) is 0 Å². The summed E-state index contributed by atoms with van der Waals surface area (Å²) in [5.41, 5.74) is 6.24. The number of hydrogen-bond acceptors (Lipinski definition) is 4. The van der Waals surface area contributed by atoms with E-state index in [0.717, 1.165) is 51.3 Å². The van der Waals surface area contributed by atoms with Crippen molar-refractivity contribution in [2.45, 2.75) is 57.7 Å². The van der Waals surface area contributed by atoms with Crippen molar-refractivity contribution in [1.29, 1.82) is 0 Å². The molecule has 2 N–H and O–H groups in total. The molecule has 0 amide bonds. The third-order valence-electron chi connectivity index (χ3n) is 4.12. The van der Waals surface area contributed by atoms with Crippen molar-refractivity contribution in [1.82, 2.24) is 9.55 Å². The van der Waals surface area contributed by atoms with Crippen LogP contribution in [0.2, 0.25) is 0 Å². The standard InChI is InChI=1S/C15H27N3O2/c1-3-8-18-9-7-17-14(18)12-13(16)15(20-4-2)5-10-19-11-6-15/h7,9,13H,3-6,8,10-12,16H2,1-2H3. The molecule has 0 radical (unpaired) electrons. The van der Waals surface area contributed by atoms with E-state index in [1.807, 2.05) is 19.3 Å². The van der Waals surface area contributed by atoms with E-state index in [0.29, 0.717) is 6.61 Å². The molecule has 1 fully saturated rings. The molecular formula is C15H27N3O2. The van der Waals surface area contributed by atoms with Crippen LogP contribution in [-0.4, -0.2) is 41.0 Å². The summed E-state index contributed by atoms with van der Waals surface area (Å²) in [6, 6.07) is -0.0376. The minimum absolute atomic E-state index is 0.0376. The smallest absolute Gasteiger partial charge is 0.110 e. The fraction of sp³-hybridized carbons (Fsp3) is 0.800. The maximum absolute atomic E-state index is 6.49. The molecule has 1 saturated heterocycles. The lowest BCUT2D eigenvalue weighted by Crippen LogP contribution is -2.54. The highest BCUT2D eigenvalue weighted by molar-refractivity contribution is 5.02. The minimum atomic E-state index is -0.254. The predicted molar refractivity (Wildman–Crippen MR) is 78.6 cm³/mol. The Morgan fingerprint density at radius 3 is 2.85 bits per heavy atom. The number of imidazole rings is 1. The number of hydrogen-bond donors (Lipinski definition) is 1. The average molecular weight is 281 g/mol. The van der Waals surface area contributed by atoms with Crippen LogP contribution in [0.4, 0.5) is 0 Å². The van der Waals surface area contributed by atoms with E-state index in [2.05, 4.69) is 16.5 Å². The van der Waals surface area contributed by atoms with Crippen molar-refractivity contribution >= 4 is 0 Å². The Bertz CT molecular complexity index is 394. The molecule has 0 saturated carbocycles. The molecule has 5 nitrogen and oxygen atoms in total. The van der Waals surface area contributed by atoms with Gasteiger partial charge in [-0.15, -0.1) is 0 Å². The molecule has 1 atom stereocenters. The molecule has 0 aromatic carbocycles. The third-order valence-corrected chi connectivity index (χ3v) is 4.12. The van der Waals surface area contributed by atoms with Crippen molar-refractivity contribution in [3.8, 4) is 0 Å². The normalized spacial score (nSPS) is 19.9. The SMILES string of the molecule is CCCn1ccnc1CC(N)C1(OCC)CCOCC1. The van der Waals surface area contributed by atoms with E-state index in [1.165, 1.54) is 0 Å². The highest BCUT2D eigenvalue weighted by Crippen LogP contribution is 2.29. The van der Waals surface area contributed by atoms with E-state index in [9.17, 15) is 0 Å². The van der Waals surface area contributed by atoms with Gasteiger partial charge in [-0.25, -0.2) is 4.98 Å². The zero-order chi connectivity index (χ0) is 14.4. The predicted octanol–water partition coefficient (Wildman–Crippen LogP) is 1.75. The Balaban J connectivity index is 2.07. The second kappa shape index (κ2) is 7.20. The molecule has 1 aliphatic heterocycles. The van der Waals surface area contributed by atoms with Gasteiger partial charge in [0.25, 0.3) is 0 Å². The summed E-state index contributed by atoms with van der Waals surface area (Å²) in [5, 5.41) is 0. The second-order valence-corrected chi connectivity index (χ2v) is 5.46. The van der Waals surface area contributed by atoms with Gasteiger partial charge in [0.15, 0.2) is 0 Å². The summed E-state index contributed by atoms with van der Waals surface area (Å²) in [6.07, 6.45) is 7.49. The zero-order valence-corrected chi connectivity index (χ0v) is 12.7. The number of aryl methyl sites for hydroxylation is 1. The molecular weight excluding hydrogens is 254 g/mol. The topological polar surface area (TPSA) is 62.3 Å². The van der Waals surface area contributed by atoms with Gasteiger partial charge < -0.3 is 19.8 Å². The quantitative estimate of drug-likeness (QED) is 0.827. The summed E-state index contributed by atoms with van der Waals surface area (Å²) >= 11 is 0. The molecule has 20 heavy (non-hydrogen) atoms. The van der Waals surface area contributed by atoms with Gasteiger partial charge >= 0.3 is 0 Å². The van der Waals surface area contributed by atoms with Crippen molar-refractivity contribution in [2.24, 2.45) is 5.73 Å². The first-order valence-corrected chi connectivity index (χ1v) is 7.69. The number of ether oxygens (including phenoxy) is 2. The van der Waals surface area contributed by atoms with Crippen LogP contribution < -0.4 is 5.73 Å². The van der Waals surface area contributed by atoms with Crippen molar-refractivity contribution < 1.29 is 9.47 Å². The summed E-state index contributed by atoms with van der Waals surface area (Å²) in [7, 11) is 0. The lowest BCUT2D eigenvalue weighted by atomic mass is 9.84. The number of nitrogens with zero attached hydrogens (tertiary/aromatic N) is 2. The molecule has 2 rings (SSSR count). The van der Waals surface area contributed by atoms with Crippen LogP contribution in [-0.2, 0) is 22.4 Å². The molecule has 1 aliphatic rings. The average Bonchev–Trinajstić information content (AvgIpc) is 2.88. The van der Waals surface area contributed by atoms with Crippen LogP contribution in [0.25, 0.3) is 0 Å². The summed E-state index contributed by atoms with van der Waals surface area (Å²) in [6.45, 7) is 7.35. The van der Waals surface area contributed by atoms with Crippen LogP contribution in [0.3, 0.4) is 0 Å². The van der Waals surface area contributed by atoms with Crippen molar-refractivity contribution in [2.75, 3.05) is 19.8 Å². The minimum Gasteiger partial charge on any atom is -0.381 e. The van der Waals surface area contributed by atoms with Gasteiger partial charge in [-0.1, -0.05) is 6.92 Å². The first kappa shape index (κ1) is 15.5. The van der Waals surface area contributed by atoms with Gasteiger partial charge in [-0.05, 0) is 13.3 Å². The van der Waals surface area contributed by atoms with Gasteiger partial charge in [0, 0.05) is 64.1 Å². The first-order valence-electron chi connectivity index (χ1n) is 7.69. The van der Waals surface area contributed by atoms with E-state index in [4.69, 9.17) is 15.2 Å². The summed E-state index contributed by atoms with van der Waals surface area (Å²) < 4.78 is 13.7. The highest BCUT2D eigenvalue weighted by Gasteiger charge is 2.39. The van der Waals surface area contributed by atoms with Crippen LogP contribution in [0, 0.1) is 0 Å². The second-order valence-electron chi connectivity index (χ2n) is 5.46. The third kappa shape index (κ3) is 3.40. The molecule has 2 heterocycles. The Labute approximate surface area is 121 Å². The number of aromatic nitrogens is 2. The number of nitrogens with two attached hydrogens (primary N) is 1. The zero-order valence-electron chi connectivity index (χ0n) is 12.7.